The molecule has 0 N–H and O–H groups in total. The van der Waals surface area contributed by atoms with E-state index >= 15 is 0 Å². The SMILES string of the molecule is COc1cc(Cc2csc(N3CCN(S(=O)(=O)c4cccc(F)c4)CC3)n2)cc(OC)c1OC. The lowest BCUT2D eigenvalue weighted by Crippen LogP contribution is -2.48. The van der Waals surface area contributed by atoms with E-state index in [1.54, 1.807) is 21.3 Å². The Bertz CT molecular complexity index is 1230. The number of aromatic nitrogens is 1. The number of nitrogens with zero attached hydrogens (tertiary/aromatic N) is 3. The number of rotatable bonds is 8. The second-order valence-electron chi connectivity index (χ2n) is 7.68. The topological polar surface area (TPSA) is 81.2 Å². The van der Waals surface area contributed by atoms with E-state index in [0.29, 0.717) is 49.8 Å². The zero-order valence-electron chi connectivity index (χ0n) is 19.2. The van der Waals surface area contributed by atoms with Crippen LogP contribution in [0.1, 0.15) is 11.3 Å². The summed E-state index contributed by atoms with van der Waals surface area (Å²) < 4.78 is 56.8. The van der Waals surface area contributed by atoms with Crippen LogP contribution < -0.4 is 19.1 Å². The Kier molecular flexibility index (Phi) is 7.24. The Morgan fingerprint density at radius 2 is 1.68 bits per heavy atom. The number of methoxy groups -OCH3 is 3. The van der Waals surface area contributed by atoms with Crippen LogP contribution in [-0.2, 0) is 16.4 Å². The molecular formula is C23H26FN3O5S2. The van der Waals surface area contributed by atoms with Crippen molar-refractivity contribution < 1.29 is 27.0 Å². The van der Waals surface area contributed by atoms with Gasteiger partial charge in [0.25, 0.3) is 0 Å². The Balaban J connectivity index is 1.43. The van der Waals surface area contributed by atoms with Gasteiger partial charge in [0, 0.05) is 38.0 Å². The van der Waals surface area contributed by atoms with Crippen LogP contribution in [0.25, 0.3) is 0 Å². The molecule has 4 rings (SSSR count). The highest BCUT2D eigenvalue weighted by molar-refractivity contribution is 7.89. The number of hydrogen-bond donors (Lipinski definition) is 0. The Labute approximate surface area is 202 Å². The number of sulfonamides is 1. The third-order valence-electron chi connectivity index (χ3n) is 5.59. The van der Waals surface area contributed by atoms with E-state index in [0.717, 1.165) is 22.5 Å². The molecule has 3 aromatic rings. The maximum absolute atomic E-state index is 13.5. The fourth-order valence-corrected chi connectivity index (χ4v) is 6.20. The summed E-state index contributed by atoms with van der Waals surface area (Å²) in [6.07, 6.45) is 0.584. The Morgan fingerprint density at radius 1 is 1.00 bits per heavy atom. The minimum absolute atomic E-state index is 0.0252. The molecule has 2 aromatic carbocycles. The van der Waals surface area contributed by atoms with Crippen LogP contribution in [0.2, 0.25) is 0 Å². The van der Waals surface area contributed by atoms with Crippen LogP contribution in [-0.4, -0.2) is 65.2 Å². The number of thiazole rings is 1. The molecule has 182 valence electrons. The quantitative estimate of drug-likeness (QED) is 0.462. The highest BCUT2D eigenvalue weighted by atomic mass is 32.2. The molecule has 0 aliphatic carbocycles. The monoisotopic (exact) mass is 507 g/mol. The van der Waals surface area contributed by atoms with Gasteiger partial charge in [-0.05, 0) is 35.9 Å². The number of anilines is 1. The molecule has 34 heavy (non-hydrogen) atoms. The van der Waals surface area contributed by atoms with Crippen molar-refractivity contribution >= 4 is 26.5 Å². The fourth-order valence-electron chi connectivity index (χ4n) is 3.87. The maximum atomic E-state index is 13.5. The molecule has 0 amide bonds. The molecule has 1 aliphatic heterocycles. The van der Waals surface area contributed by atoms with Crippen molar-refractivity contribution in [1.82, 2.24) is 9.29 Å². The molecule has 0 radical (unpaired) electrons. The highest BCUT2D eigenvalue weighted by Crippen LogP contribution is 2.39. The van der Waals surface area contributed by atoms with E-state index in [2.05, 4.69) is 4.90 Å². The van der Waals surface area contributed by atoms with E-state index in [1.807, 2.05) is 17.5 Å². The van der Waals surface area contributed by atoms with Gasteiger partial charge in [-0.2, -0.15) is 4.31 Å². The molecule has 8 nitrogen and oxygen atoms in total. The molecule has 0 unspecified atom stereocenters. The predicted molar refractivity (Wildman–Crippen MR) is 128 cm³/mol. The largest absolute Gasteiger partial charge is 0.493 e. The van der Waals surface area contributed by atoms with E-state index in [-0.39, 0.29) is 4.90 Å². The van der Waals surface area contributed by atoms with Crippen molar-refractivity contribution in [1.29, 1.82) is 0 Å². The zero-order valence-corrected chi connectivity index (χ0v) is 20.8. The van der Waals surface area contributed by atoms with Crippen LogP contribution in [0.5, 0.6) is 17.2 Å². The van der Waals surface area contributed by atoms with Crippen molar-refractivity contribution in [2.24, 2.45) is 0 Å². The fraction of sp³-hybridized carbons (Fsp3) is 0.348. The molecule has 1 fully saturated rings. The first-order valence-electron chi connectivity index (χ1n) is 10.6. The normalized spacial score (nSPS) is 14.8. The van der Waals surface area contributed by atoms with Crippen molar-refractivity contribution in [3.63, 3.8) is 0 Å². The summed E-state index contributed by atoms with van der Waals surface area (Å²) in [5.74, 6) is 1.15. The molecule has 0 spiro atoms. The molecule has 0 bridgehead atoms. The summed E-state index contributed by atoms with van der Waals surface area (Å²) in [5.41, 5.74) is 1.86. The number of benzene rings is 2. The number of piperazine rings is 1. The van der Waals surface area contributed by atoms with E-state index in [9.17, 15) is 12.8 Å². The summed E-state index contributed by atoms with van der Waals surface area (Å²) in [6.45, 7) is 1.62. The first-order chi connectivity index (χ1) is 16.3. The van der Waals surface area contributed by atoms with E-state index in [4.69, 9.17) is 19.2 Å². The molecule has 1 aromatic heterocycles. The number of halogens is 1. The molecule has 1 aliphatic rings. The van der Waals surface area contributed by atoms with Crippen molar-refractivity contribution in [3.05, 3.63) is 58.9 Å². The third-order valence-corrected chi connectivity index (χ3v) is 8.44. The van der Waals surface area contributed by atoms with Gasteiger partial charge in [-0.3, -0.25) is 0 Å². The molecule has 0 saturated carbocycles. The van der Waals surface area contributed by atoms with Crippen LogP contribution in [0, 0.1) is 5.82 Å². The van der Waals surface area contributed by atoms with Gasteiger partial charge >= 0.3 is 0 Å². The van der Waals surface area contributed by atoms with Gasteiger partial charge in [0.05, 0.1) is 31.9 Å². The average molecular weight is 508 g/mol. The Morgan fingerprint density at radius 3 is 2.26 bits per heavy atom. The van der Waals surface area contributed by atoms with Crippen LogP contribution in [0.15, 0.2) is 46.7 Å². The van der Waals surface area contributed by atoms with E-state index < -0.39 is 15.8 Å². The molecule has 11 heteroatoms. The lowest BCUT2D eigenvalue weighted by molar-refractivity contribution is 0.324. The average Bonchev–Trinajstić information content (AvgIpc) is 3.31. The number of hydrogen-bond acceptors (Lipinski definition) is 8. The van der Waals surface area contributed by atoms with Crippen molar-refractivity contribution in [2.45, 2.75) is 11.3 Å². The summed E-state index contributed by atoms with van der Waals surface area (Å²) in [6, 6.07) is 8.91. The van der Waals surface area contributed by atoms with Crippen LogP contribution in [0.4, 0.5) is 9.52 Å². The zero-order chi connectivity index (χ0) is 24.3. The summed E-state index contributed by atoms with van der Waals surface area (Å²) in [7, 11) is 0.995. The van der Waals surface area contributed by atoms with E-state index in [1.165, 1.54) is 33.8 Å². The first-order valence-corrected chi connectivity index (χ1v) is 12.9. The standard InChI is InChI=1S/C23H26FN3O5S2/c1-30-20-12-16(13-21(31-2)22(20)32-3)11-18-15-33-23(25-18)26-7-9-27(10-8-26)34(28,29)19-6-4-5-17(24)14-19/h4-6,12-15H,7-11H2,1-3H3. The smallest absolute Gasteiger partial charge is 0.243 e. The first kappa shape index (κ1) is 24.2. The van der Waals surface area contributed by atoms with Crippen LogP contribution in [0.3, 0.4) is 0 Å². The van der Waals surface area contributed by atoms with Gasteiger partial charge in [-0.15, -0.1) is 11.3 Å². The summed E-state index contributed by atoms with van der Waals surface area (Å²) in [4.78, 5) is 6.80. The number of ether oxygens (including phenoxy) is 3. The molecule has 0 atom stereocenters. The molecular weight excluding hydrogens is 481 g/mol. The van der Waals surface area contributed by atoms with Gasteiger partial charge in [0.2, 0.25) is 15.8 Å². The van der Waals surface area contributed by atoms with Gasteiger partial charge in [-0.1, -0.05) is 6.07 Å². The minimum atomic E-state index is -3.73. The Hall–Kier alpha value is -2.89. The van der Waals surface area contributed by atoms with Gasteiger partial charge < -0.3 is 19.1 Å². The van der Waals surface area contributed by atoms with Crippen LogP contribution >= 0.6 is 11.3 Å². The second kappa shape index (κ2) is 10.2. The second-order valence-corrected chi connectivity index (χ2v) is 10.5. The minimum Gasteiger partial charge on any atom is -0.493 e. The van der Waals surface area contributed by atoms with Crippen molar-refractivity contribution in [3.8, 4) is 17.2 Å². The molecule has 2 heterocycles. The lowest BCUT2D eigenvalue weighted by Gasteiger charge is -2.33. The lowest BCUT2D eigenvalue weighted by atomic mass is 10.1. The predicted octanol–water partition coefficient (Wildman–Crippen LogP) is 3.41. The van der Waals surface area contributed by atoms with Crippen molar-refractivity contribution in [2.75, 3.05) is 52.4 Å². The summed E-state index contributed by atoms with van der Waals surface area (Å²) in [5, 5.41) is 2.83. The highest BCUT2D eigenvalue weighted by Gasteiger charge is 2.29. The van der Waals surface area contributed by atoms with Gasteiger partial charge in [0.15, 0.2) is 16.6 Å². The maximum Gasteiger partial charge on any atom is 0.243 e. The molecule has 1 saturated heterocycles. The van der Waals surface area contributed by atoms with Gasteiger partial charge in [0.1, 0.15) is 5.82 Å². The third kappa shape index (κ3) is 4.96. The summed E-state index contributed by atoms with van der Waals surface area (Å²) >= 11 is 1.52. The van der Waals surface area contributed by atoms with Gasteiger partial charge in [-0.25, -0.2) is 17.8 Å².